The van der Waals surface area contributed by atoms with Crippen molar-refractivity contribution in [1.29, 1.82) is 0 Å². The first kappa shape index (κ1) is 18.6. The van der Waals surface area contributed by atoms with Crippen LogP contribution in [0.2, 0.25) is 5.02 Å². The number of pyridine rings is 1. The van der Waals surface area contributed by atoms with Gasteiger partial charge in [0.25, 0.3) is 5.91 Å². The lowest BCUT2D eigenvalue weighted by Crippen LogP contribution is -2.39. The lowest BCUT2D eigenvalue weighted by atomic mass is 10.2. The van der Waals surface area contributed by atoms with E-state index < -0.39 is 0 Å². The van der Waals surface area contributed by atoms with E-state index in [-0.39, 0.29) is 5.91 Å². The van der Waals surface area contributed by atoms with Gasteiger partial charge >= 0.3 is 0 Å². The van der Waals surface area contributed by atoms with E-state index >= 15 is 0 Å². The number of hydrogen-bond acceptors (Lipinski definition) is 5. The van der Waals surface area contributed by atoms with Crippen LogP contribution in [0.1, 0.15) is 16.1 Å². The highest BCUT2D eigenvalue weighted by Gasteiger charge is 2.11. The number of ether oxygens (including phenoxy) is 1. The monoisotopic (exact) mass is 374 g/mol. The topological polar surface area (TPSA) is 66.5 Å². The minimum atomic E-state index is -0.254. The second-order valence-electron chi connectivity index (χ2n) is 6.18. The number of anilines is 2. The van der Waals surface area contributed by atoms with Gasteiger partial charge in [0.15, 0.2) is 0 Å². The maximum atomic E-state index is 12.4. The van der Waals surface area contributed by atoms with Crippen LogP contribution in [-0.2, 0) is 4.74 Å². The molecular weight excluding hydrogens is 352 g/mol. The van der Waals surface area contributed by atoms with Gasteiger partial charge in [0.1, 0.15) is 5.69 Å². The number of nitrogens with zero attached hydrogens (tertiary/aromatic N) is 2. The normalized spacial score (nSPS) is 14.8. The molecule has 1 fully saturated rings. The minimum Gasteiger partial charge on any atom is -0.383 e. The number of halogens is 1. The van der Waals surface area contributed by atoms with Gasteiger partial charge in [-0.3, -0.25) is 9.69 Å². The number of aromatic nitrogens is 1. The van der Waals surface area contributed by atoms with E-state index in [1.165, 1.54) is 0 Å². The molecule has 26 heavy (non-hydrogen) atoms. The van der Waals surface area contributed by atoms with Gasteiger partial charge in [-0.15, -0.1) is 0 Å². The number of carbonyl (C=O) groups excluding carboxylic acids is 1. The van der Waals surface area contributed by atoms with Gasteiger partial charge in [-0.25, -0.2) is 4.98 Å². The Hall–Kier alpha value is -2.15. The van der Waals surface area contributed by atoms with Crippen molar-refractivity contribution in [2.45, 2.75) is 6.92 Å². The Kier molecular flexibility index (Phi) is 6.44. The molecule has 0 atom stereocenters. The average Bonchev–Trinajstić information content (AvgIpc) is 2.67. The summed E-state index contributed by atoms with van der Waals surface area (Å²) in [6.07, 6.45) is 1.68. The fourth-order valence-corrected chi connectivity index (χ4v) is 2.92. The van der Waals surface area contributed by atoms with Crippen LogP contribution in [0.4, 0.5) is 11.4 Å². The zero-order valence-electron chi connectivity index (χ0n) is 14.8. The molecule has 2 heterocycles. The standard InChI is InChI=1S/C19H23ClN4O2/c1-14-16(20)3-2-4-17(14)23-19(25)18-6-5-15(13-22-18)21-7-8-24-9-11-26-12-10-24/h2-6,13,21H,7-12H2,1H3,(H,23,25). The molecule has 3 rings (SSSR count). The average molecular weight is 375 g/mol. The van der Waals surface area contributed by atoms with Gasteiger partial charge < -0.3 is 15.4 Å². The number of benzene rings is 1. The van der Waals surface area contributed by atoms with Crippen LogP contribution >= 0.6 is 11.6 Å². The van der Waals surface area contributed by atoms with E-state index in [4.69, 9.17) is 16.3 Å². The highest BCUT2D eigenvalue weighted by atomic mass is 35.5. The van der Waals surface area contributed by atoms with E-state index in [9.17, 15) is 4.79 Å². The number of rotatable bonds is 6. The van der Waals surface area contributed by atoms with E-state index in [0.29, 0.717) is 16.4 Å². The van der Waals surface area contributed by atoms with Gasteiger partial charge in [-0.2, -0.15) is 0 Å². The van der Waals surface area contributed by atoms with Crippen LogP contribution < -0.4 is 10.6 Å². The largest absolute Gasteiger partial charge is 0.383 e. The molecular formula is C19H23ClN4O2. The smallest absolute Gasteiger partial charge is 0.274 e. The molecule has 7 heteroatoms. The quantitative estimate of drug-likeness (QED) is 0.813. The van der Waals surface area contributed by atoms with E-state index in [0.717, 1.165) is 50.6 Å². The fraction of sp³-hybridized carbons (Fsp3) is 0.368. The van der Waals surface area contributed by atoms with E-state index in [1.54, 1.807) is 24.4 Å². The predicted molar refractivity (Wildman–Crippen MR) is 104 cm³/mol. The van der Waals surface area contributed by atoms with Crippen molar-refractivity contribution >= 4 is 28.9 Å². The lowest BCUT2D eigenvalue weighted by Gasteiger charge is -2.26. The summed E-state index contributed by atoms with van der Waals surface area (Å²) >= 11 is 6.08. The molecule has 1 saturated heterocycles. The number of hydrogen-bond donors (Lipinski definition) is 2. The van der Waals surface area contributed by atoms with Crippen LogP contribution in [0.15, 0.2) is 36.5 Å². The Bertz CT molecular complexity index is 746. The number of amides is 1. The molecule has 1 aliphatic rings. The summed E-state index contributed by atoms with van der Waals surface area (Å²) in [7, 11) is 0. The summed E-state index contributed by atoms with van der Waals surface area (Å²) in [5, 5.41) is 6.80. The van der Waals surface area contributed by atoms with Crippen LogP contribution in [-0.4, -0.2) is 55.2 Å². The summed E-state index contributed by atoms with van der Waals surface area (Å²) in [5.41, 5.74) is 2.79. The fourth-order valence-electron chi connectivity index (χ4n) is 2.75. The molecule has 1 aliphatic heterocycles. The molecule has 6 nitrogen and oxygen atoms in total. The van der Waals surface area contributed by atoms with Crippen LogP contribution in [0.5, 0.6) is 0 Å². The number of nitrogens with one attached hydrogen (secondary N) is 2. The Morgan fingerprint density at radius 3 is 2.81 bits per heavy atom. The highest BCUT2D eigenvalue weighted by Crippen LogP contribution is 2.23. The van der Waals surface area contributed by atoms with Crippen molar-refractivity contribution in [3.05, 3.63) is 52.8 Å². The maximum absolute atomic E-state index is 12.4. The van der Waals surface area contributed by atoms with Gasteiger partial charge in [0, 0.05) is 36.9 Å². The summed E-state index contributed by atoms with van der Waals surface area (Å²) < 4.78 is 5.34. The first-order valence-corrected chi connectivity index (χ1v) is 9.08. The van der Waals surface area contributed by atoms with Crippen molar-refractivity contribution in [3.8, 4) is 0 Å². The molecule has 0 bridgehead atoms. The number of morpholine rings is 1. The Balaban J connectivity index is 1.51. The maximum Gasteiger partial charge on any atom is 0.274 e. The van der Waals surface area contributed by atoms with Gasteiger partial charge in [0.05, 0.1) is 25.1 Å². The molecule has 0 aliphatic carbocycles. The molecule has 1 aromatic heterocycles. The van der Waals surface area contributed by atoms with Crippen LogP contribution in [0.3, 0.4) is 0 Å². The summed E-state index contributed by atoms with van der Waals surface area (Å²) in [6.45, 7) is 7.21. The molecule has 1 aromatic carbocycles. The third-order valence-electron chi connectivity index (χ3n) is 4.37. The minimum absolute atomic E-state index is 0.254. The summed E-state index contributed by atoms with van der Waals surface area (Å²) in [4.78, 5) is 19.0. The number of carbonyl (C=O) groups is 1. The predicted octanol–water partition coefficient (Wildman–Crippen LogP) is 3.04. The molecule has 0 spiro atoms. The van der Waals surface area contributed by atoms with Crippen LogP contribution in [0.25, 0.3) is 0 Å². The highest BCUT2D eigenvalue weighted by molar-refractivity contribution is 6.31. The second kappa shape index (κ2) is 8.98. The van der Waals surface area contributed by atoms with E-state index in [1.807, 2.05) is 19.1 Å². The zero-order chi connectivity index (χ0) is 18.4. The van der Waals surface area contributed by atoms with Crippen molar-refractivity contribution in [2.75, 3.05) is 50.0 Å². The third kappa shape index (κ3) is 4.94. The molecule has 1 amide bonds. The molecule has 0 saturated carbocycles. The zero-order valence-corrected chi connectivity index (χ0v) is 15.6. The Labute approximate surface area is 158 Å². The van der Waals surface area contributed by atoms with Crippen molar-refractivity contribution < 1.29 is 9.53 Å². The van der Waals surface area contributed by atoms with Gasteiger partial charge in [-0.1, -0.05) is 17.7 Å². The molecule has 2 aromatic rings. The van der Waals surface area contributed by atoms with Crippen molar-refractivity contribution in [1.82, 2.24) is 9.88 Å². The summed E-state index contributed by atoms with van der Waals surface area (Å²) in [5.74, 6) is -0.254. The first-order valence-electron chi connectivity index (χ1n) is 8.70. The Morgan fingerprint density at radius 1 is 1.27 bits per heavy atom. The molecule has 2 N–H and O–H groups in total. The molecule has 138 valence electrons. The molecule has 0 radical (unpaired) electrons. The van der Waals surface area contributed by atoms with Gasteiger partial charge in [-0.05, 0) is 36.8 Å². The molecule has 0 unspecified atom stereocenters. The lowest BCUT2D eigenvalue weighted by molar-refractivity contribution is 0.0398. The third-order valence-corrected chi connectivity index (χ3v) is 4.78. The summed E-state index contributed by atoms with van der Waals surface area (Å²) in [6, 6.07) is 9.00. The second-order valence-corrected chi connectivity index (χ2v) is 6.59. The van der Waals surface area contributed by atoms with Crippen LogP contribution in [0, 0.1) is 6.92 Å². The van der Waals surface area contributed by atoms with Crippen molar-refractivity contribution in [2.24, 2.45) is 0 Å². The Morgan fingerprint density at radius 2 is 2.08 bits per heavy atom. The SMILES string of the molecule is Cc1c(Cl)cccc1NC(=O)c1ccc(NCCN2CCOCC2)cn1. The van der Waals surface area contributed by atoms with Crippen molar-refractivity contribution in [3.63, 3.8) is 0 Å². The van der Waals surface area contributed by atoms with Gasteiger partial charge in [0.2, 0.25) is 0 Å². The van der Waals surface area contributed by atoms with E-state index in [2.05, 4.69) is 20.5 Å². The first-order chi connectivity index (χ1) is 12.6.